The Bertz CT molecular complexity index is 1630. The summed E-state index contributed by atoms with van der Waals surface area (Å²) in [5.74, 6) is 0.881. The van der Waals surface area contributed by atoms with Gasteiger partial charge in [0.15, 0.2) is 0 Å². The molecule has 6 aromatic rings. The highest BCUT2D eigenvalue weighted by molar-refractivity contribution is 7.03. The Morgan fingerprint density at radius 1 is 0.311 bits per heavy atom. The molecule has 0 fully saturated rings. The molecule has 9 heteroatoms. The summed E-state index contributed by atoms with van der Waals surface area (Å²) in [5, 5.41) is 2.28. The van der Waals surface area contributed by atoms with Crippen molar-refractivity contribution in [2.75, 3.05) is 0 Å². The van der Waals surface area contributed by atoms with Crippen LogP contribution in [-0.2, 0) is 8.23 Å². The third-order valence-electron chi connectivity index (χ3n) is 7.15. The van der Waals surface area contributed by atoms with Crippen molar-refractivity contribution in [1.82, 2.24) is 0 Å². The van der Waals surface area contributed by atoms with E-state index in [0.29, 0.717) is 32.2 Å². The third kappa shape index (κ3) is 6.90. The molecule has 0 spiro atoms. The van der Waals surface area contributed by atoms with Crippen molar-refractivity contribution in [3.8, 4) is 11.5 Å². The first-order chi connectivity index (χ1) is 22.0. The van der Waals surface area contributed by atoms with Gasteiger partial charge in [-0.25, -0.2) is 0 Å². The largest absolute Gasteiger partial charge is 0.591 e. The summed E-state index contributed by atoms with van der Waals surface area (Å²) in [7, 11) is -12.9. The Morgan fingerprint density at radius 3 is 0.844 bits per heavy atom. The minimum atomic E-state index is -4.37. The average Bonchev–Trinajstić information content (AvgIpc) is 3.10. The van der Waals surface area contributed by atoms with Gasteiger partial charge in [-0.3, -0.25) is 0 Å². The maximum Gasteiger partial charge on any atom is 0.591 e. The van der Waals surface area contributed by atoms with Gasteiger partial charge < -0.3 is 26.7 Å². The average molecular weight is 645 g/mol. The zero-order valence-electron chi connectivity index (χ0n) is 24.3. The van der Waals surface area contributed by atoms with E-state index in [0.717, 1.165) is 0 Å². The van der Waals surface area contributed by atoms with Crippen LogP contribution in [0.4, 0.5) is 0 Å². The van der Waals surface area contributed by atoms with Crippen LogP contribution in [0.3, 0.4) is 0 Å². The van der Waals surface area contributed by atoms with Crippen molar-refractivity contribution in [3.63, 3.8) is 0 Å². The highest BCUT2D eigenvalue weighted by Gasteiger charge is 2.61. The van der Waals surface area contributed by atoms with E-state index in [2.05, 4.69) is 0 Å². The fourth-order valence-electron chi connectivity index (χ4n) is 5.00. The van der Waals surface area contributed by atoms with Crippen LogP contribution in [0.5, 0.6) is 11.5 Å². The van der Waals surface area contributed by atoms with Crippen molar-refractivity contribution in [3.05, 3.63) is 182 Å². The molecule has 0 heterocycles. The van der Waals surface area contributed by atoms with Gasteiger partial charge >= 0.3 is 26.2 Å². The molecule has 0 radical (unpaired) electrons. The van der Waals surface area contributed by atoms with Crippen molar-refractivity contribution < 1.29 is 26.7 Å². The van der Waals surface area contributed by atoms with E-state index < -0.39 is 26.2 Å². The van der Waals surface area contributed by atoms with E-state index in [-0.39, 0.29) is 0 Å². The lowest BCUT2D eigenvalue weighted by atomic mass is 10.3. The fourth-order valence-corrected chi connectivity index (χ4v) is 15.8. The Balaban J connectivity index is 1.59. The first kappa shape index (κ1) is 30.4. The Hall–Kier alpha value is -4.59. The van der Waals surface area contributed by atoms with Crippen LogP contribution < -0.4 is 29.6 Å². The van der Waals surface area contributed by atoms with Gasteiger partial charge in [-0.05, 0) is 34.6 Å². The van der Waals surface area contributed by atoms with E-state index in [9.17, 15) is 9.59 Å². The van der Waals surface area contributed by atoms with Gasteiger partial charge in [0.1, 0.15) is 11.5 Å². The lowest BCUT2D eigenvalue weighted by Gasteiger charge is -2.41. The second-order valence-corrected chi connectivity index (χ2v) is 18.2. The molecule has 0 bridgehead atoms. The van der Waals surface area contributed by atoms with E-state index >= 15 is 0 Å². The summed E-state index contributed by atoms with van der Waals surface area (Å²) in [6.07, 6.45) is 0. The van der Waals surface area contributed by atoms with Crippen LogP contribution >= 0.6 is 0 Å². The second-order valence-electron chi connectivity index (χ2n) is 10.3. The molecule has 0 amide bonds. The predicted molar refractivity (Wildman–Crippen MR) is 182 cm³/mol. The minimum absolute atomic E-state index is 0.440. The first-order valence-electron chi connectivity index (χ1n) is 14.5. The maximum atomic E-state index is 12.7. The number of hydrogen-bond donors (Lipinski definition) is 2. The molecule has 6 nitrogen and oxygen atoms in total. The van der Waals surface area contributed by atoms with Gasteiger partial charge in [0.2, 0.25) is 0 Å². The lowest BCUT2D eigenvalue weighted by Crippen LogP contribution is -2.77. The zero-order valence-corrected chi connectivity index (χ0v) is 27.3. The number of rotatable bonds is 12. The molecule has 224 valence electrons. The summed E-state index contributed by atoms with van der Waals surface area (Å²) < 4.78 is 27.1. The standard InChI is InChI=1S/C36H32O6Si3/c37-44(35-27-15-5-16-28-35,39-31-19-7-1-8-20-31)41-43(33-23-11-3-12-24-33,34-25-13-4-14-26-34)42-45(38,36-29-17-6-18-30-36)40-32-21-9-2-10-22-32/h1-30,37-38H. The van der Waals surface area contributed by atoms with E-state index in [4.69, 9.17) is 17.1 Å². The summed E-state index contributed by atoms with van der Waals surface area (Å²) in [6, 6.07) is 55.2. The van der Waals surface area contributed by atoms with Gasteiger partial charge in [0.25, 0.3) is 0 Å². The van der Waals surface area contributed by atoms with Crippen molar-refractivity contribution >= 4 is 46.9 Å². The number of para-hydroxylation sites is 2. The SMILES string of the molecule is O[Si](Oc1ccccc1)(O[Si](O[Si](O)(Oc1ccccc1)c1ccccc1)(c1ccccc1)c1ccccc1)c1ccccc1. The molecule has 2 N–H and O–H groups in total. The van der Waals surface area contributed by atoms with Crippen LogP contribution in [0.15, 0.2) is 182 Å². The first-order valence-corrected chi connectivity index (χ1v) is 19.9. The number of hydrogen-bond acceptors (Lipinski definition) is 6. The molecule has 6 rings (SSSR count). The Kier molecular flexibility index (Phi) is 9.19. The quantitative estimate of drug-likeness (QED) is 0.196. The molecule has 0 aliphatic heterocycles. The molecule has 0 aliphatic rings. The highest BCUT2D eigenvalue weighted by Crippen LogP contribution is 2.25. The normalized spacial score (nSPS) is 14.1. The fraction of sp³-hybridized carbons (Fsp3) is 0. The Labute approximate surface area is 266 Å². The van der Waals surface area contributed by atoms with Gasteiger partial charge in [-0.2, -0.15) is 0 Å². The third-order valence-corrected chi connectivity index (χ3v) is 17.0. The van der Waals surface area contributed by atoms with Crippen LogP contribution in [0.1, 0.15) is 0 Å². The summed E-state index contributed by atoms with van der Waals surface area (Å²) in [6.45, 7) is 0. The van der Waals surface area contributed by atoms with E-state index in [1.165, 1.54) is 0 Å². The molecule has 45 heavy (non-hydrogen) atoms. The molecule has 0 aromatic heterocycles. The molecule has 2 unspecified atom stereocenters. The van der Waals surface area contributed by atoms with Crippen molar-refractivity contribution in [2.24, 2.45) is 0 Å². The molecule has 2 atom stereocenters. The second kappa shape index (κ2) is 13.6. The molecule has 0 aliphatic carbocycles. The van der Waals surface area contributed by atoms with Crippen molar-refractivity contribution in [1.29, 1.82) is 0 Å². The van der Waals surface area contributed by atoms with Gasteiger partial charge in [0, 0.05) is 10.4 Å². The molecular weight excluding hydrogens is 613 g/mol. The van der Waals surface area contributed by atoms with Crippen LogP contribution in [0.2, 0.25) is 0 Å². The lowest BCUT2D eigenvalue weighted by molar-refractivity contribution is 0.211. The van der Waals surface area contributed by atoms with Crippen molar-refractivity contribution in [2.45, 2.75) is 0 Å². The Morgan fingerprint density at radius 2 is 0.556 bits per heavy atom. The van der Waals surface area contributed by atoms with E-state index in [1.807, 2.05) is 133 Å². The zero-order chi connectivity index (χ0) is 31.0. The molecule has 0 saturated heterocycles. The van der Waals surface area contributed by atoms with E-state index in [1.54, 1.807) is 48.5 Å². The van der Waals surface area contributed by atoms with Gasteiger partial charge in [-0.15, -0.1) is 0 Å². The van der Waals surface area contributed by atoms with Crippen LogP contribution in [-0.4, -0.2) is 35.8 Å². The monoisotopic (exact) mass is 644 g/mol. The van der Waals surface area contributed by atoms with Crippen LogP contribution in [0.25, 0.3) is 0 Å². The van der Waals surface area contributed by atoms with Gasteiger partial charge in [0.05, 0.1) is 0 Å². The summed E-state index contributed by atoms with van der Waals surface area (Å²) in [4.78, 5) is 25.4. The smallest absolute Gasteiger partial charge is 0.498 e. The molecule has 0 saturated carbocycles. The summed E-state index contributed by atoms with van der Waals surface area (Å²) in [5.41, 5.74) is 0. The topological polar surface area (TPSA) is 77.4 Å². The summed E-state index contributed by atoms with van der Waals surface area (Å²) >= 11 is 0. The highest BCUT2D eigenvalue weighted by atomic mass is 28.5. The minimum Gasteiger partial charge on any atom is -0.498 e. The molecule has 6 aromatic carbocycles. The number of benzene rings is 6. The predicted octanol–water partition coefficient (Wildman–Crippen LogP) is 4.11. The molecular formula is C36H32O6Si3. The maximum absolute atomic E-state index is 12.7. The van der Waals surface area contributed by atoms with Gasteiger partial charge in [-0.1, -0.05) is 158 Å². The van der Waals surface area contributed by atoms with Crippen LogP contribution in [0, 0.1) is 0 Å².